The molecule has 1 fully saturated rings. The van der Waals surface area contributed by atoms with Crippen LogP contribution in [0.2, 0.25) is 0 Å². The molecule has 1 aliphatic rings. The van der Waals surface area contributed by atoms with Crippen LogP contribution in [0.25, 0.3) is 0 Å². The van der Waals surface area contributed by atoms with Gasteiger partial charge in [-0.05, 0) is 31.2 Å². The maximum Gasteiger partial charge on any atom is 0.109 e. The molecule has 4 N–H and O–H groups in total. The van der Waals surface area contributed by atoms with E-state index < -0.39 is 24.4 Å². The van der Waals surface area contributed by atoms with Crippen molar-refractivity contribution >= 4 is 0 Å². The molecule has 6 heteroatoms. The lowest BCUT2D eigenvalue weighted by Gasteiger charge is -2.43. The molecule has 0 aromatic carbocycles. The Kier molecular flexibility index (Phi) is 8.24. The van der Waals surface area contributed by atoms with E-state index in [-0.39, 0.29) is 18.6 Å². The number of aliphatic hydroxyl groups is 4. The second kappa shape index (κ2) is 9.15. The van der Waals surface area contributed by atoms with Crippen molar-refractivity contribution in [2.75, 3.05) is 32.9 Å². The average molecular weight is 319 g/mol. The fourth-order valence-corrected chi connectivity index (χ4v) is 2.71. The van der Waals surface area contributed by atoms with E-state index in [2.05, 4.69) is 20.8 Å². The Hall–Kier alpha value is -0.240. The third-order valence-corrected chi connectivity index (χ3v) is 3.99. The van der Waals surface area contributed by atoms with Gasteiger partial charge in [0.25, 0.3) is 0 Å². The minimum atomic E-state index is -1.18. The number of β-amino-alcohol motifs (C(OH)–C–C–N with tert-alkyl or cyclic N) is 1. The van der Waals surface area contributed by atoms with Crippen molar-refractivity contribution in [2.24, 2.45) is 5.41 Å². The first kappa shape index (κ1) is 19.8. The fraction of sp³-hybridized carbons (Fsp3) is 1.00. The van der Waals surface area contributed by atoms with Crippen molar-refractivity contribution in [3.63, 3.8) is 0 Å². The van der Waals surface area contributed by atoms with Gasteiger partial charge in [-0.1, -0.05) is 20.8 Å². The number of hydrogen-bond donors (Lipinski definition) is 4. The third-order valence-electron chi connectivity index (χ3n) is 3.99. The average Bonchev–Trinajstić information content (AvgIpc) is 2.43. The van der Waals surface area contributed by atoms with Gasteiger partial charge in [0.05, 0.1) is 25.4 Å². The molecule has 6 nitrogen and oxygen atoms in total. The van der Waals surface area contributed by atoms with Crippen LogP contribution in [0.1, 0.15) is 40.0 Å². The van der Waals surface area contributed by atoms with Crippen LogP contribution in [-0.4, -0.2) is 82.6 Å². The molecule has 1 heterocycles. The van der Waals surface area contributed by atoms with Gasteiger partial charge in [-0.25, -0.2) is 0 Å². The number of piperidine rings is 1. The molecule has 1 rings (SSSR count). The minimum Gasteiger partial charge on any atom is -0.395 e. The van der Waals surface area contributed by atoms with Gasteiger partial charge in [0.2, 0.25) is 0 Å². The highest BCUT2D eigenvalue weighted by molar-refractivity contribution is 4.93. The zero-order chi connectivity index (χ0) is 16.8. The predicted octanol–water partition coefficient (Wildman–Crippen LogP) is -0.0214. The van der Waals surface area contributed by atoms with Crippen molar-refractivity contribution < 1.29 is 25.2 Å². The molecule has 4 atom stereocenters. The number of unbranched alkanes of at least 4 members (excludes halogenated alkanes) is 2. The number of aliphatic hydroxyl groups excluding tert-OH is 4. The van der Waals surface area contributed by atoms with E-state index in [0.717, 1.165) is 32.5 Å². The van der Waals surface area contributed by atoms with Crippen LogP contribution in [0, 0.1) is 5.41 Å². The summed E-state index contributed by atoms with van der Waals surface area (Å²) in [4.78, 5) is 1.86. The van der Waals surface area contributed by atoms with Crippen LogP contribution in [0.15, 0.2) is 0 Å². The Morgan fingerprint density at radius 1 is 1.05 bits per heavy atom. The topological polar surface area (TPSA) is 93.4 Å². The van der Waals surface area contributed by atoms with Gasteiger partial charge in [0.15, 0.2) is 0 Å². The van der Waals surface area contributed by atoms with Crippen LogP contribution in [0.3, 0.4) is 0 Å². The second-order valence-electron chi connectivity index (χ2n) is 7.47. The van der Waals surface area contributed by atoms with E-state index in [9.17, 15) is 20.4 Å². The summed E-state index contributed by atoms with van der Waals surface area (Å²) < 4.78 is 5.61. The van der Waals surface area contributed by atoms with Gasteiger partial charge in [0, 0.05) is 13.2 Å². The van der Waals surface area contributed by atoms with Crippen molar-refractivity contribution in [3.8, 4) is 0 Å². The van der Waals surface area contributed by atoms with E-state index in [1.54, 1.807) is 0 Å². The zero-order valence-corrected chi connectivity index (χ0v) is 14.1. The lowest BCUT2D eigenvalue weighted by molar-refractivity contribution is -0.145. The van der Waals surface area contributed by atoms with E-state index in [0.29, 0.717) is 6.54 Å². The Balaban J connectivity index is 2.20. The summed E-state index contributed by atoms with van der Waals surface area (Å²) in [6, 6.07) is -0.504. The van der Waals surface area contributed by atoms with Crippen molar-refractivity contribution in [1.82, 2.24) is 4.90 Å². The van der Waals surface area contributed by atoms with Crippen molar-refractivity contribution in [3.05, 3.63) is 0 Å². The molecule has 0 aromatic rings. The standard InChI is InChI=1S/C16H33NO5/c1-16(2,3)11-22-8-6-4-5-7-17-9-13(19)15(21)14(20)12(17)10-18/h12-15,18-21H,4-11H2,1-3H3/t12?,13-,14+,15?/m0/s1. The van der Waals surface area contributed by atoms with E-state index in [1.165, 1.54) is 0 Å². The summed E-state index contributed by atoms with van der Waals surface area (Å²) in [5.74, 6) is 0. The molecule has 22 heavy (non-hydrogen) atoms. The SMILES string of the molecule is CC(C)(C)COCCCCCN1C[C@H](O)C(O)[C@H](O)C1CO. The normalized spacial score (nSPS) is 30.7. The quantitative estimate of drug-likeness (QED) is 0.470. The summed E-state index contributed by atoms with van der Waals surface area (Å²) in [7, 11) is 0. The molecular formula is C16H33NO5. The summed E-state index contributed by atoms with van der Waals surface area (Å²) in [5, 5.41) is 38.6. The first-order chi connectivity index (χ1) is 10.3. The van der Waals surface area contributed by atoms with E-state index >= 15 is 0 Å². The molecule has 0 bridgehead atoms. The van der Waals surface area contributed by atoms with Crippen LogP contribution >= 0.6 is 0 Å². The Bertz CT molecular complexity index is 307. The predicted molar refractivity (Wildman–Crippen MR) is 84.6 cm³/mol. The molecule has 1 saturated heterocycles. The van der Waals surface area contributed by atoms with E-state index in [1.807, 2.05) is 4.90 Å². The number of ether oxygens (including phenoxy) is 1. The van der Waals surface area contributed by atoms with Gasteiger partial charge >= 0.3 is 0 Å². The Labute approximate surface area is 133 Å². The highest BCUT2D eigenvalue weighted by Gasteiger charge is 2.40. The summed E-state index contributed by atoms with van der Waals surface area (Å²) in [6.45, 7) is 8.66. The summed E-state index contributed by atoms with van der Waals surface area (Å²) >= 11 is 0. The molecule has 1 aliphatic heterocycles. The van der Waals surface area contributed by atoms with Gasteiger partial charge in [-0.2, -0.15) is 0 Å². The lowest BCUT2D eigenvalue weighted by atomic mass is 9.94. The summed E-state index contributed by atoms with van der Waals surface area (Å²) in [5.41, 5.74) is 0.190. The first-order valence-electron chi connectivity index (χ1n) is 8.23. The fourth-order valence-electron chi connectivity index (χ4n) is 2.71. The maximum absolute atomic E-state index is 9.90. The maximum atomic E-state index is 9.90. The van der Waals surface area contributed by atoms with Crippen LogP contribution in [-0.2, 0) is 4.74 Å². The molecule has 0 aromatic heterocycles. The van der Waals surface area contributed by atoms with Gasteiger partial charge in [-0.3, -0.25) is 4.90 Å². The molecule has 0 radical (unpaired) electrons. The van der Waals surface area contributed by atoms with Crippen LogP contribution < -0.4 is 0 Å². The minimum absolute atomic E-state index is 0.190. The van der Waals surface area contributed by atoms with Crippen molar-refractivity contribution in [2.45, 2.75) is 64.4 Å². The van der Waals surface area contributed by atoms with Crippen LogP contribution in [0.5, 0.6) is 0 Å². The van der Waals surface area contributed by atoms with Gasteiger partial charge in [-0.15, -0.1) is 0 Å². The molecule has 132 valence electrons. The molecule has 0 spiro atoms. The molecule has 0 amide bonds. The van der Waals surface area contributed by atoms with Gasteiger partial charge in [0.1, 0.15) is 12.2 Å². The third kappa shape index (κ3) is 6.48. The monoisotopic (exact) mass is 319 g/mol. The largest absolute Gasteiger partial charge is 0.395 e. The molecular weight excluding hydrogens is 286 g/mol. The summed E-state index contributed by atoms with van der Waals surface area (Å²) in [6.07, 6.45) is -0.379. The Morgan fingerprint density at radius 3 is 2.32 bits per heavy atom. The van der Waals surface area contributed by atoms with E-state index in [4.69, 9.17) is 4.74 Å². The lowest BCUT2D eigenvalue weighted by Crippen LogP contribution is -2.62. The smallest absolute Gasteiger partial charge is 0.109 e. The molecule has 0 aliphatic carbocycles. The van der Waals surface area contributed by atoms with Gasteiger partial charge < -0.3 is 25.2 Å². The first-order valence-corrected chi connectivity index (χ1v) is 8.23. The number of rotatable bonds is 8. The van der Waals surface area contributed by atoms with Crippen LogP contribution in [0.4, 0.5) is 0 Å². The zero-order valence-electron chi connectivity index (χ0n) is 14.1. The Morgan fingerprint density at radius 2 is 1.73 bits per heavy atom. The highest BCUT2D eigenvalue weighted by Crippen LogP contribution is 2.19. The number of nitrogens with zero attached hydrogens (tertiary/aromatic N) is 1. The number of hydrogen-bond acceptors (Lipinski definition) is 6. The van der Waals surface area contributed by atoms with Crippen molar-refractivity contribution in [1.29, 1.82) is 0 Å². The highest BCUT2D eigenvalue weighted by atomic mass is 16.5. The number of likely N-dealkylation sites (tertiary alicyclic amines) is 1. The second-order valence-corrected chi connectivity index (χ2v) is 7.47. The molecule has 0 saturated carbocycles. The molecule has 2 unspecified atom stereocenters.